The fourth-order valence-corrected chi connectivity index (χ4v) is 4.30. The molecule has 4 rings (SSSR count). The Labute approximate surface area is 167 Å². The molecular weight excluding hydrogens is 372 g/mol. The summed E-state index contributed by atoms with van der Waals surface area (Å²) in [6.07, 6.45) is 1.75. The van der Waals surface area contributed by atoms with Crippen molar-refractivity contribution >= 4 is 22.6 Å². The van der Waals surface area contributed by atoms with Crippen LogP contribution in [0.15, 0.2) is 58.4 Å². The van der Waals surface area contributed by atoms with E-state index in [-0.39, 0.29) is 16.9 Å². The van der Waals surface area contributed by atoms with Gasteiger partial charge in [-0.05, 0) is 50.6 Å². The molecule has 0 saturated heterocycles. The Balaban J connectivity index is 1.58. The van der Waals surface area contributed by atoms with E-state index in [4.69, 9.17) is 4.74 Å². The third-order valence-electron chi connectivity index (χ3n) is 4.56. The van der Waals surface area contributed by atoms with Gasteiger partial charge in [-0.3, -0.25) is 19.6 Å². The Bertz CT molecular complexity index is 1050. The van der Waals surface area contributed by atoms with Crippen molar-refractivity contribution in [1.29, 1.82) is 0 Å². The molecule has 3 aromatic rings. The van der Waals surface area contributed by atoms with Crippen molar-refractivity contribution in [3.8, 4) is 5.75 Å². The van der Waals surface area contributed by atoms with Gasteiger partial charge in [0.25, 0.3) is 5.56 Å². The monoisotopic (exact) mass is 394 g/mol. The van der Waals surface area contributed by atoms with Crippen molar-refractivity contribution in [2.24, 2.45) is 4.99 Å². The van der Waals surface area contributed by atoms with E-state index in [1.54, 1.807) is 18.0 Å². The number of ether oxygens (including phenoxy) is 1. The fourth-order valence-electron chi connectivity index (χ4n) is 3.20. The summed E-state index contributed by atoms with van der Waals surface area (Å²) in [4.78, 5) is 21.5. The molecule has 144 valence electrons. The topological polar surface area (TPSA) is 72.3 Å². The van der Waals surface area contributed by atoms with Crippen molar-refractivity contribution in [3.63, 3.8) is 0 Å². The molecule has 0 unspecified atom stereocenters. The number of fused-ring (bicyclic) bond motifs is 1. The maximum atomic E-state index is 12.6. The van der Waals surface area contributed by atoms with Crippen LogP contribution in [-0.2, 0) is 6.61 Å². The van der Waals surface area contributed by atoms with Crippen molar-refractivity contribution in [1.82, 2.24) is 14.8 Å². The third-order valence-corrected chi connectivity index (χ3v) is 5.74. The Morgan fingerprint density at radius 2 is 2.00 bits per heavy atom. The van der Waals surface area contributed by atoms with Crippen molar-refractivity contribution in [2.45, 2.75) is 38.7 Å². The van der Waals surface area contributed by atoms with E-state index in [1.807, 2.05) is 67.9 Å². The first-order valence-electron chi connectivity index (χ1n) is 9.22. The lowest BCUT2D eigenvalue weighted by molar-refractivity contribution is 0.301. The van der Waals surface area contributed by atoms with E-state index >= 15 is 0 Å². The standard InChI is InChI=1S/C21H22N4O2S/c1-13(2)25-20-18(21(26)24-25)19(28-14(3)23-20)15-7-9-17(10-8-15)27-12-16-6-4-5-11-22-16/h4-11,13,19H,12H2,1-3H3,(H,24,26)/t19-/m1/s1. The maximum absolute atomic E-state index is 12.6. The van der Waals surface area contributed by atoms with E-state index in [2.05, 4.69) is 15.1 Å². The summed E-state index contributed by atoms with van der Waals surface area (Å²) in [5, 5.41) is 3.80. The molecule has 0 amide bonds. The summed E-state index contributed by atoms with van der Waals surface area (Å²) in [7, 11) is 0. The number of hydrogen-bond acceptors (Lipinski definition) is 5. The number of aromatic nitrogens is 3. The smallest absolute Gasteiger partial charge is 0.271 e. The molecule has 6 nitrogen and oxygen atoms in total. The predicted octanol–water partition coefficient (Wildman–Crippen LogP) is 4.62. The Morgan fingerprint density at radius 3 is 2.68 bits per heavy atom. The summed E-state index contributed by atoms with van der Waals surface area (Å²) < 4.78 is 7.66. The average Bonchev–Trinajstić information content (AvgIpc) is 3.03. The number of pyridine rings is 1. The molecule has 1 aliphatic heterocycles. The zero-order valence-electron chi connectivity index (χ0n) is 16.0. The molecular formula is C21H22N4O2S. The zero-order chi connectivity index (χ0) is 19.7. The number of rotatable bonds is 5. The first-order chi connectivity index (χ1) is 13.5. The number of aliphatic imine (C=N–C) groups is 1. The molecule has 1 N–H and O–H groups in total. The SMILES string of the molecule is CC1=Nc2c(c(=O)[nH]n2C(C)C)[C@@H](c2ccc(OCc3ccccn3)cc2)S1. The Morgan fingerprint density at radius 1 is 1.21 bits per heavy atom. The largest absolute Gasteiger partial charge is 0.487 e. The second-order valence-electron chi connectivity index (χ2n) is 6.95. The molecule has 2 aromatic heterocycles. The van der Waals surface area contributed by atoms with Crippen LogP contribution in [-0.4, -0.2) is 19.8 Å². The van der Waals surface area contributed by atoms with Crippen LogP contribution >= 0.6 is 11.8 Å². The van der Waals surface area contributed by atoms with E-state index in [0.717, 1.165) is 27.9 Å². The minimum atomic E-state index is -0.0823. The number of thioether (sulfide) groups is 1. The average molecular weight is 395 g/mol. The van der Waals surface area contributed by atoms with Gasteiger partial charge in [-0.15, -0.1) is 0 Å². The van der Waals surface area contributed by atoms with Crippen molar-refractivity contribution in [2.75, 3.05) is 0 Å². The quantitative estimate of drug-likeness (QED) is 0.685. The van der Waals surface area contributed by atoms with Crippen LogP contribution in [0.5, 0.6) is 5.75 Å². The molecule has 0 spiro atoms. The van der Waals surface area contributed by atoms with Crippen LogP contribution in [0, 0.1) is 0 Å². The van der Waals surface area contributed by atoms with Crippen molar-refractivity contribution in [3.05, 3.63) is 75.8 Å². The first kappa shape index (κ1) is 18.6. The van der Waals surface area contributed by atoms with Gasteiger partial charge in [0.2, 0.25) is 0 Å². The van der Waals surface area contributed by atoms with Crippen LogP contribution in [0.3, 0.4) is 0 Å². The molecule has 1 aromatic carbocycles. The number of nitrogens with one attached hydrogen (secondary N) is 1. The number of H-pyrrole nitrogens is 1. The normalized spacial score (nSPS) is 16.0. The second kappa shape index (κ2) is 7.67. The Kier molecular flexibility index (Phi) is 5.09. The molecule has 0 saturated carbocycles. The highest BCUT2D eigenvalue weighted by Gasteiger charge is 2.30. The Hall–Kier alpha value is -2.80. The zero-order valence-corrected chi connectivity index (χ0v) is 16.9. The first-order valence-corrected chi connectivity index (χ1v) is 10.1. The fraction of sp³-hybridized carbons (Fsp3) is 0.286. The third kappa shape index (κ3) is 3.62. The molecule has 7 heteroatoms. The van der Waals surface area contributed by atoms with E-state index in [9.17, 15) is 4.79 Å². The van der Waals surface area contributed by atoms with E-state index in [0.29, 0.717) is 12.2 Å². The predicted molar refractivity (Wildman–Crippen MR) is 113 cm³/mol. The van der Waals surface area contributed by atoms with Gasteiger partial charge < -0.3 is 4.74 Å². The molecule has 1 atom stereocenters. The van der Waals surface area contributed by atoms with Crippen LogP contribution in [0.25, 0.3) is 0 Å². The number of benzene rings is 1. The maximum Gasteiger partial charge on any atom is 0.271 e. The lowest BCUT2D eigenvalue weighted by Gasteiger charge is -2.21. The van der Waals surface area contributed by atoms with Gasteiger partial charge in [-0.25, -0.2) is 4.99 Å². The molecule has 0 fully saturated rings. The lowest BCUT2D eigenvalue weighted by Crippen LogP contribution is -2.13. The molecule has 28 heavy (non-hydrogen) atoms. The summed E-state index contributed by atoms with van der Waals surface area (Å²) in [5.41, 5.74) is 2.57. The van der Waals surface area contributed by atoms with Gasteiger partial charge in [0.15, 0.2) is 5.82 Å². The van der Waals surface area contributed by atoms with Crippen LogP contribution < -0.4 is 10.3 Å². The van der Waals surface area contributed by atoms with Gasteiger partial charge >= 0.3 is 0 Å². The lowest BCUT2D eigenvalue weighted by atomic mass is 10.1. The number of hydrogen-bond donors (Lipinski definition) is 1. The summed E-state index contributed by atoms with van der Waals surface area (Å²) in [6, 6.07) is 13.8. The van der Waals surface area contributed by atoms with Crippen LogP contribution in [0.2, 0.25) is 0 Å². The molecule has 0 radical (unpaired) electrons. The molecule has 1 aliphatic rings. The van der Waals surface area contributed by atoms with Gasteiger partial charge in [0, 0.05) is 12.2 Å². The molecule has 3 heterocycles. The van der Waals surface area contributed by atoms with Gasteiger partial charge in [0.1, 0.15) is 12.4 Å². The summed E-state index contributed by atoms with van der Waals surface area (Å²) in [5.74, 6) is 1.51. The van der Waals surface area contributed by atoms with E-state index in [1.165, 1.54) is 0 Å². The minimum Gasteiger partial charge on any atom is -0.487 e. The van der Waals surface area contributed by atoms with Gasteiger partial charge in [-0.1, -0.05) is 30.0 Å². The van der Waals surface area contributed by atoms with Crippen LogP contribution in [0.1, 0.15) is 48.9 Å². The summed E-state index contributed by atoms with van der Waals surface area (Å²) in [6.45, 7) is 6.47. The van der Waals surface area contributed by atoms with Crippen molar-refractivity contribution < 1.29 is 4.74 Å². The van der Waals surface area contributed by atoms with Gasteiger partial charge in [0.05, 0.1) is 21.6 Å². The number of nitrogens with zero attached hydrogens (tertiary/aromatic N) is 3. The van der Waals surface area contributed by atoms with Crippen LogP contribution in [0.4, 0.5) is 5.82 Å². The highest BCUT2D eigenvalue weighted by Crippen LogP contribution is 2.44. The molecule has 0 bridgehead atoms. The summed E-state index contributed by atoms with van der Waals surface area (Å²) >= 11 is 1.60. The highest BCUT2D eigenvalue weighted by atomic mass is 32.2. The highest BCUT2D eigenvalue weighted by molar-refractivity contribution is 8.14. The second-order valence-corrected chi connectivity index (χ2v) is 8.25. The minimum absolute atomic E-state index is 0.0760. The van der Waals surface area contributed by atoms with Gasteiger partial charge in [-0.2, -0.15) is 0 Å². The number of aromatic amines is 1. The van der Waals surface area contributed by atoms with E-state index < -0.39 is 0 Å². The molecule has 0 aliphatic carbocycles.